The first-order valence-electron chi connectivity index (χ1n) is 7.34. The molecule has 2 aromatic heterocycles. The molecule has 3 aromatic rings. The summed E-state index contributed by atoms with van der Waals surface area (Å²) in [5, 5.41) is 12.5. The molecule has 0 radical (unpaired) electrons. The molecule has 0 unspecified atom stereocenters. The van der Waals surface area contributed by atoms with E-state index >= 15 is 0 Å². The Balaban J connectivity index is 1.78. The van der Waals surface area contributed by atoms with Crippen molar-refractivity contribution in [3.8, 4) is 6.07 Å². The van der Waals surface area contributed by atoms with Crippen LogP contribution in [-0.4, -0.2) is 15.9 Å². The van der Waals surface area contributed by atoms with Crippen molar-refractivity contribution in [2.75, 3.05) is 0 Å². The number of benzene rings is 1. The van der Waals surface area contributed by atoms with Crippen LogP contribution in [-0.2, 0) is 11.3 Å². The largest absolute Gasteiger partial charge is 0.347 e. The number of fused-ring (bicyclic) bond motifs is 1. The van der Waals surface area contributed by atoms with Gasteiger partial charge < -0.3 is 10.3 Å². The van der Waals surface area contributed by atoms with E-state index < -0.39 is 17.5 Å². The standard InChI is InChI=1S/C18H12F2N4O/c19-14-4-3-11(16(20)7-14)9-24-18(25)12(8-21)6-13-10-23-17-15(13)2-1-5-22-17/h1-7,10H,9H2,(H,22,23)(H,24,25)/b12-6+. The second-order valence-electron chi connectivity index (χ2n) is 5.23. The van der Waals surface area contributed by atoms with Crippen molar-refractivity contribution in [1.29, 1.82) is 5.26 Å². The van der Waals surface area contributed by atoms with Gasteiger partial charge in [-0.1, -0.05) is 6.07 Å². The number of H-pyrrole nitrogens is 1. The number of nitrogens with zero attached hydrogens (tertiary/aromatic N) is 2. The number of carbonyl (C=O) groups excluding carboxylic acids is 1. The molecule has 0 aliphatic heterocycles. The Labute approximate surface area is 141 Å². The number of amides is 1. The SMILES string of the molecule is N#C/C(=C\c1c[nH]c2ncccc12)C(=O)NCc1ccc(F)cc1F. The summed E-state index contributed by atoms with van der Waals surface area (Å²) in [6, 6.07) is 8.47. The summed E-state index contributed by atoms with van der Waals surface area (Å²) in [7, 11) is 0. The van der Waals surface area contributed by atoms with E-state index in [0.717, 1.165) is 17.5 Å². The molecule has 7 heteroatoms. The highest BCUT2D eigenvalue weighted by Gasteiger charge is 2.12. The van der Waals surface area contributed by atoms with E-state index in [0.29, 0.717) is 11.2 Å². The molecule has 1 amide bonds. The first kappa shape index (κ1) is 16.3. The Kier molecular flexibility index (Phi) is 4.53. The molecule has 124 valence electrons. The van der Waals surface area contributed by atoms with Crippen molar-refractivity contribution >= 4 is 23.0 Å². The molecule has 0 atom stereocenters. The summed E-state index contributed by atoms with van der Waals surface area (Å²) in [5.41, 5.74) is 1.28. The van der Waals surface area contributed by atoms with Gasteiger partial charge in [0.05, 0.1) is 0 Å². The van der Waals surface area contributed by atoms with Crippen LogP contribution in [0.5, 0.6) is 0 Å². The van der Waals surface area contributed by atoms with Gasteiger partial charge in [0.25, 0.3) is 5.91 Å². The lowest BCUT2D eigenvalue weighted by Crippen LogP contribution is -2.24. The zero-order valence-corrected chi connectivity index (χ0v) is 12.9. The van der Waals surface area contributed by atoms with Crippen LogP contribution in [0.25, 0.3) is 17.1 Å². The second-order valence-corrected chi connectivity index (χ2v) is 5.23. The summed E-state index contributed by atoms with van der Waals surface area (Å²) in [5.74, 6) is -2.10. The van der Waals surface area contributed by atoms with Crippen LogP contribution in [0.2, 0.25) is 0 Å². The lowest BCUT2D eigenvalue weighted by Gasteiger charge is -2.05. The van der Waals surface area contributed by atoms with E-state index in [2.05, 4.69) is 15.3 Å². The zero-order valence-electron chi connectivity index (χ0n) is 12.9. The van der Waals surface area contributed by atoms with Crippen LogP contribution >= 0.6 is 0 Å². The summed E-state index contributed by atoms with van der Waals surface area (Å²) < 4.78 is 26.5. The van der Waals surface area contributed by atoms with Crippen LogP contribution in [0.4, 0.5) is 8.78 Å². The van der Waals surface area contributed by atoms with Crippen molar-refractivity contribution in [3.05, 3.63) is 71.1 Å². The van der Waals surface area contributed by atoms with E-state index in [1.54, 1.807) is 18.5 Å². The number of carbonyl (C=O) groups is 1. The van der Waals surface area contributed by atoms with Crippen LogP contribution in [0.15, 0.2) is 48.3 Å². The molecule has 2 N–H and O–H groups in total. The number of nitriles is 1. The highest BCUT2D eigenvalue weighted by molar-refractivity contribution is 6.03. The van der Waals surface area contributed by atoms with Gasteiger partial charge in [-0.15, -0.1) is 0 Å². The third-order valence-corrected chi connectivity index (χ3v) is 3.60. The van der Waals surface area contributed by atoms with Crippen molar-refractivity contribution in [2.24, 2.45) is 0 Å². The molecule has 25 heavy (non-hydrogen) atoms. The second kappa shape index (κ2) is 6.93. The number of halogens is 2. The van der Waals surface area contributed by atoms with Crippen molar-refractivity contribution < 1.29 is 13.6 Å². The third kappa shape index (κ3) is 3.53. The maximum Gasteiger partial charge on any atom is 0.262 e. The Hall–Kier alpha value is -3.53. The van der Waals surface area contributed by atoms with Gasteiger partial charge in [0.15, 0.2) is 0 Å². The minimum Gasteiger partial charge on any atom is -0.347 e. The predicted octanol–water partition coefficient (Wildman–Crippen LogP) is 3.06. The number of hydrogen-bond donors (Lipinski definition) is 2. The highest BCUT2D eigenvalue weighted by atomic mass is 19.1. The van der Waals surface area contributed by atoms with Crippen LogP contribution in [0.3, 0.4) is 0 Å². The minimum atomic E-state index is -0.759. The van der Waals surface area contributed by atoms with E-state index in [-0.39, 0.29) is 17.7 Å². The Bertz CT molecular complexity index is 1020. The first-order valence-corrected chi connectivity index (χ1v) is 7.34. The lowest BCUT2D eigenvalue weighted by atomic mass is 10.1. The zero-order chi connectivity index (χ0) is 17.8. The minimum absolute atomic E-state index is 0.128. The number of nitrogens with one attached hydrogen (secondary N) is 2. The van der Waals surface area contributed by atoms with Gasteiger partial charge in [-0.2, -0.15) is 5.26 Å². The average Bonchev–Trinajstić information content (AvgIpc) is 3.01. The van der Waals surface area contributed by atoms with Gasteiger partial charge in [-0.3, -0.25) is 4.79 Å². The molecule has 3 rings (SSSR count). The molecule has 5 nitrogen and oxygen atoms in total. The fourth-order valence-corrected chi connectivity index (χ4v) is 2.34. The highest BCUT2D eigenvalue weighted by Crippen LogP contribution is 2.18. The van der Waals surface area contributed by atoms with Gasteiger partial charge in [0, 0.05) is 41.5 Å². The first-order chi connectivity index (χ1) is 12.1. The average molecular weight is 338 g/mol. The van der Waals surface area contributed by atoms with E-state index in [9.17, 15) is 18.8 Å². The maximum absolute atomic E-state index is 13.6. The monoisotopic (exact) mass is 338 g/mol. The van der Waals surface area contributed by atoms with Crippen LogP contribution < -0.4 is 5.32 Å². The molecule has 0 saturated heterocycles. The molecule has 0 bridgehead atoms. The number of hydrogen-bond acceptors (Lipinski definition) is 3. The van der Waals surface area contributed by atoms with Gasteiger partial charge in [-0.05, 0) is 24.3 Å². The Morgan fingerprint density at radius 2 is 2.20 bits per heavy atom. The van der Waals surface area contributed by atoms with Crippen LogP contribution in [0.1, 0.15) is 11.1 Å². The van der Waals surface area contributed by atoms with Crippen LogP contribution in [0, 0.1) is 23.0 Å². The van der Waals surface area contributed by atoms with Crippen molar-refractivity contribution in [2.45, 2.75) is 6.54 Å². The summed E-state index contributed by atoms with van der Waals surface area (Å²) in [4.78, 5) is 19.2. The maximum atomic E-state index is 13.6. The van der Waals surface area contributed by atoms with Gasteiger partial charge in [-0.25, -0.2) is 13.8 Å². The Morgan fingerprint density at radius 1 is 1.36 bits per heavy atom. The molecule has 1 aromatic carbocycles. The van der Waals surface area contributed by atoms with Gasteiger partial charge >= 0.3 is 0 Å². The number of aromatic amines is 1. The van der Waals surface area contributed by atoms with Gasteiger partial charge in [0.2, 0.25) is 0 Å². The molecule has 0 aliphatic carbocycles. The number of rotatable bonds is 4. The van der Waals surface area contributed by atoms with Crippen molar-refractivity contribution in [1.82, 2.24) is 15.3 Å². The van der Waals surface area contributed by atoms with E-state index in [1.165, 1.54) is 12.1 Å². The third-order valence-electron chi connectivity index (χ3n) is 3.60. The normalized spacial score (nSPS) is 11.3. The lowest BCUT2D eigenvalue weighted by molar-refractivity contribution is -0.117. The fraction of sp³-hybridized carbons (Fsp3) is 0.0556. The molecule has 0 spiro atoms. The quantitative estimate of drug-likeness (QED) is 0.567. The van der Waals surface area contributed by atoms with E-state index in [1.807, 2.05) is 12.1 Å². The number of aromatic nitrogens is 2. The number of pyridine rings is 1. The predicted molar refractivity (Wildman–Crippen MR) is 87.9 cm³/mol. The Morgan fingerprint density at radius 3 is 2.96 bits per heavy atom. The smallest absolute Gasteiger partial charge is 0.262 e. The van der Waals surface area contributed by atoms with E-state index in [4.69, 9.17) is 0 Å². The fourth-order valence-electron chi connectivity index (χ4n) is 2.34. The summed E-state index contributed by atoms with van der Waals surface area (Å²) in [6.07, 6.45) is 4.69. The summed E-state index contributed by atoms with van der Waals surface area (Å²) >= 11 is 0. The molecule has 2 heterocycles. The van der Waals surface area contributed by atoms with Gasteiger partial charge in [0.1, 0.15) is 28.9 Å². The molecule has 0 saturated carbocycles. The molecular formula is C18H12F2N4O. The molecule has 0 fully saturated rings. The topological polar surface area (TPSA) is 81.6 Å². The molecule has 0 aliphatic rings. The molecular weight excluding hydrogens is 326 g/mol. The summed E-state index contributed by atoms with van der Waals surface area (Å²) in [6.45, 7) is -0.153. The van der Waals surface area contributed by atoms with Crippen molar-refractivity contribution in [3.63, 3.8) is 0 Å².